The molecule has 1 aliphatic carbocycles. The quantitative estimate of drug-likeness (QED) is 0.113. The van der Waals surface area contributed by atoms with Crippen molar-refractivity contribution in [1.29, 1.82) is 0 Å². The number of ether oxygens (including phenoxy) is 6. The number of aliphatic imine (C=N–C) groups is 1. The molecule has 3 rings (SSSR count). The lowest BCUT2D eigenvalue weighted by Crippen LogP contribution is -2.62. The number of ketones is 1. The van der Waals surface area contributed by atoms with Crippen molar-refractivity contribution in [3.05, 3.63) is 41.2 Å². The van der Waals surface area contributed by atoms with E-state index in [-0.39, 0.29) is 43.0 Å². The van der Waals surface area contributed by atoms with Gasteiger partial charge >= 0.3 is 29.8 Å². The van der Waals surface area contributed by atoms with Gasteiger partial charge < -0.3 is 38.6 Å². The number of aliphatic hydroxyl groups is 1. The second-order valence-corrected chi connectivity index (χ2v) is 13.0. The number of aliphatic hydroxyl groups excluding tert-OH is 1. The molecule has 0 saturated carbocycles. The molecule has 0 radical (unpaired) electrons. The van der Waals surface area contributed by atoms with E-state index in [4.69, 9.17) is 33.5 Å². The standard InChI is InChI=1S/C35H45NO14/c1-19(37)45-18-28-31(47-20(2)38)32(48-21(3)39)33(49-22(4)40)34(50-28)46-17-23-11-13-24(14-12-23)36-25(9-7-8-10-29(43)44)30-26(41)15-35(5,6)16-27(30)42/h11-14,28,31-34,41H,7-10,15-18H2,1-6H3,(H,43,44)/t28-,31-,32+,33-,34-/m1/s1. The van der Waals surface area contributed by atoms with Crippen LogP contribution in [0.2, 0.25) is 0 Å². The number of nitrogens with zero attached hydrogens (tertiary/aromatic N) is 1. The Balaban J connectivity index is 1.87. The van der Waals surface area contributed by atoms with E-state index in [1.54, 1.807) is 24.3 Å². The normalized spacial score (nSPS) is 23.5. The first-order valence-electron chi connectivity index (χ1n) is 16.2. The minimum absolute atomic E-state index is 0.0342. The van der Waals surface area contributed by atoms with Crippen molar-refractivity contribution in [2.75, 3.05) is 6.61 Å². The van der Waals surface area contributed by atoms with Crippen LogP contribution >= 0.6 is 0 Å². The first-order chi connectivity index (χ1) is 23.5. The number of rotatable bonds is 15. The number of carboxylic acids is 1. The van der Waals surface area contributed by atoms with Crippen LogP contribution in [-0.2, 0) is 63.8 Å². The zero-order chi connectivity index (χ0) is 37.2. The number of carboxylic acid groups (broad SMARTS) is 1. The summed E-state index contributed by atoms with van der Waals surface area (Å²) in [5.41, 5.74) is 1.20. The van der Waals surface area contributed by atoms with Crippen LogP contribution in [0.3, 0.4) is 0 Å². The van der Waals surface area contributed by atoms with Crippen LogP contribution in [0.4, 0.5) is 5.69 Å². The molecule has 1 heterocycles. The van der Waals surface area contributed by atoms with Crippen LogP contribution < -0.4 is 0 Å². The largest absolute Gasteiger partial charge is 0.511 e. The summed E-state index contributed by atoms with van der Waals surface area (Å²) in [5.74, 6) is -4.12. The Morgan fingerprint density at radius 2 is 1.42 bits per heavy atom. The maximum absolute atomic E-state index is 13.1. The van der Waals surface area contributed by atoms with Gasteiger partial charge in [-0.1, -0.05) is 26.0 Å². The number of aliphatic carboxylic acids is 1. The average molecular weight is 704 g/mol. The summed E-state index contributed by atoms with van der Waals surface area (Å²) in [4.78, 5) is 76.5. The van der Waals surface area contributed by atoms with E-state index in [1.807, 2.05) is 13.8 Å². The van der Waals surface area contributed by atoms with Gasteiger partial charge in [0.25, 0.3) is 0 Å². The highest BCUT2D eigenvalue weighted by Crippen LogP contribution is 2.37. The van der Waals surface area contributed by atoms with Gasteiger partial charge in [0.05, 0.1) is 23.6 Å². The van der Waals surface area contributed by atoms with Crippen LogP contribution in [0.15, 0.2) is 40.6 Å². The van der Waals surface area contributed by atoms with Gasteiger partial charge in [-0.2, -0.15) is 0 Å². The fourth-order valence-corrected chi connectivity index (χ4v) is 5.74. The Morgan fingerprint density at radius 3 is 1.98 bits per heavy atom. The highest BCUT2D eigenvalue weighted by atomic mass is 16.7. The summed E-state index contributed by atoms with van der Waals surface area (Å²) in [6.45, 7) is 7.83. The summed E-state index contributed by atoms with van der Waals surface area (Å²) >= 11 is 0. The van der Waals surface area contributed by atoms with Gasteiger partial charge in [0.1, 0.15) is 18.5 Å². The third kappa shape index (κ3) is 12.1. The minimum Gasteiger partial charge on any atom is -0.511 e. The summed E-state index contributed by atoms with van der Waals surface area (Å²) in [6.07, 6.45) is -4.97. The van der Waals surface area contributed by atoms with E-state index in [0.29, 0.717) is 36.2 Å². The molecule has 5 atom stereocenters. The lowest BCUT2D eigenvalue weighted by molar-refractivity contribution is -0.310. The fourth-order valence-electron chi connectivity index (χ4n) is 5.74. The van der Waals surface area contributed by atoms with Crippen LogP contribution in [0.25, 0.3) is 0 Å². The van der Waals surface area contributed by atoms with E-state index in [9.17, 15) is 33.9 Å². The van der Waals surface area contributed by atoms with E-state index >= 15 is 0 Å². The zero-order valence-corrected chi connectivity index (χ0v) is 29.1. The molecule has 274 valence electrons. The molecule has 1 aliphatic heterocycles. The van der Waals surface area contributed by atoms with E-state index in [0.717, 1.165) is 20.8 Å². The maximum atomic E-state index is 13.1. The topological polar surface area (TPSA) is 211 Å². The number of esters is 4. The maximum Gasteiger partial charge on any atom is 0.303 e. The second-order valence-electron chi connectivity index (χ2n) is 13.0. The highest BCUT2D eigenvalue weighted by molar-refractivity contribution is 6.23. The predicted octanol–water partition coefficient (Wildman–Crippen LogP) is 4.21. The first kappa shape index (κ1) is 39.8. The van der Waals surface area contributed by atoms with Crippen LogP contribution in [0.1, 0.15) is 85.6 Å². The number of unbranched alkanes of at least 4 members (excludes halogenated alkanes) is 1. The van der Waals surface area contributed by atoms with Crippen molar-refractivity contribution in [1.82, 2.24) is 0 Å². The van der Waals surface area contributed by atoms with E-state index in [2.05, 4.69) is 4.99 Å². The molecule has 1 fully saturated rings. The molecule has 50 heavy (non-hydrogen) atoms. The Bertz CT molecular complexity index is 1490. The molecule has 15 nitrogen and oxygen atoms in total. The van der Waals surface area contributed by atoms with Crippen molar-refractivity contribution in [3.8, 4) is 0 Å². The minimum atomic E-state index is -1.37. The molecule has 0 spiro atoms. The summed E-state index contributed by atoms with van der Waals surface area (Å²) in [7, 11) is 0. The van der Waals surface area contributed by atoms with Crippen molar-refractivity contribution < 1.29 is 67.4 Å². The zero-order valence-electron chi connectivity index (χ0n) is 29.1. The predicted molar refractivity (Wildman–Crippen MR) is 174 cm³/mol. The van der Waals surface area contributed by atoms with Gasteiger partial charge in [0.2, 0.25) is 0 Å². The number of Topliss-reactive ketones (excluding diaryl/α,β-unsaturated/α-hetero) is 1. The third-order valence-electron chi connectivity index (χ3n) is 7.76. The molecule has 0 unspecified atom stereocenters. The van der Waals surface area contributed by atoms with Gasteiger partial charge in [-0.3, -0.25) is 33.8 Å². The molecule has 2 N–H and O–H groups in total. The molecule has 1 aromatic rings. The molecule has 1 aromatic carbocycles. The molecule has 1 saturated heterocycles. The summed E-state index contributed by atoms with van der Waals surface area (Å²) in [5, 5.41) is 19.9. The van der Waals surface area contributed by atoms with Gasteiger partial charge in [-0.25, -0.2) is 0 Å². The number of benzene rings is 1. The van der Waals surface area contributed by atoms with Crippen molar-refractivity contribution in [3.63, 3.8) is 0 Å². The number of carbonyl (C=O) groups is 6. The Kier molecular flexibility index (Phi) is 14.2. The van der Waals surface area contributed by atoms with Gasteiger partial charge in [-0.05, 0) is 42.4 Å². The number of hydrogen-bond donors (Lipinski definition) is 2. The van der Waals surface area contributed by atoms with Crippen LogP contribution in [0, 0.1) is 5.41 Å². The molecule has 0 aromatic heterocycles. The van der Waals surface area contributed by atoms with Crippen molar-refractivity contribution >= 4 is 47.0 Å². The Morgan fingerprint density at radius 1 is 0.840 bits per heavy atom. The summed E-state index contributed by atoms with van der Waals surface area (Å²) in [6, 6.07) is 6.70. The van der Waals surface area contributed by atoms with E-state index < -0.39 is 72.6 Å². The first-order valence-corrected chi connectivity index (χ1v) is 16.2. The third-order valence-corrected chi connectivity index (χ3v) is 7.76. The smallest absolute Gasteiger partial charge is 0.303 e. The molecule has 0 bridgehead atoms. The monoisotopic (exact) mass is 703 g/mol. The van der Waals surface area contributed by atoms with Gasteiger partial charge in [0, 0.05) is 47.0 Å². The Hall–Kier alpha value is -4.63. The lowest BCUT2D eigenvalue weighted by atomic mass is 9.75. The number of carbonyl (C=O) groups excluding carboxylic acids is 5. The lowest BCUT2D eigenvalue weighted by Gasteiger charge is -2.44. The van der Waals surface area contributed by atoms with Crippen molar-refractivity contribution in [2.45, 2.75) is 117 Å². The number of allylic oxidation sites excluding steroid dienone is 2. The van der Waals surface area contributed by atoms with Crippen LogP contribution in [0.5, 0.6) is 0 Å². The SMILES string of the molecule is CC(=O)OC[C@H]1O[C@@H](OCc2ccc(N=C(CCCCC(=O)O)C3=C(O)CC(C)(C)CC3=O)cc2)[C@H](OC(C)=O)[C@@H](OC(C)=O)[C@@H]1OC(C)=O. The average Bonchev–Trinajstić information content (AvgIpc) is 2.98. The number of hydrogen-bond acceptors (Lipinski definition) is 14. The van der Waals surface area contributed by atoms with Gasteiger partial charge in [-0.15, -0.1) is 0 Å². The summed E-state index contributed by atoms with van der Waals surface area (Å²) < 4.78 is 33.3. The Labute approximate surface area is 289 Å². The second kappa shape index (κ2) is 17.9. The molecular formula is C35H45NO14. The molecule has 0 amide bonds. The van der Waals surface area contributed by atoms with E-state index in [1.165, 1.54) is 6.92 Å². The fraction of sp³-hybridized carbons (Fsp3) is 0.571. The highest BCUT2D eigenvalue weighted by Gasteiger charge is 2.52. The molecular weight excluding hydrogens is 658 g/mol. The molecule has 15 heteroatoms. The van der Waals surface area contributed by atoms with Crippen molar-refractivity contribution in [2.24, 2.45) is 10.4 Å². The molecule has 2 aliphatic rings. The van der Waals surface area contributed by atoms with Crippen LogP contribution in [-0.4, -0.2) is 88.9 Å². The van der Waals surface area contributed by atoms with Gasteiger partial charge in [0.15, 0.2) is 30.4 Å².